The van der Waals surface area contributed by atoms with Crippen LogP contribution in [0.25, 0.3) is 10.6 Å². The predicted molar refractivity (Wildman–Crippen MR) is 92.1 cm³/mol. The second-order valence-electron chi connectivity index (χ2n) is 6.76. The van der Waals surface area contributed by atoms with Crippen molar-refractivity contribution in [3.63, 3.8) is 0 Å². The first-order valence-corrected chi connectivity index (χ1v) is 9.56. The van der Waals surface area contributed by atoms with Crippen LogP contribution in [0.1, 0.15) is 55.4 Å². The highest BCUT2D eigenvalue weighted by molar-refractivity contribution is 7.13. The normalized spacial score (nSPS) is 23.2. The Hall–Kier alpha value is -1.66. The highest BCUT2D eigenvalue weighted by Gasteiger charge is 2.39. The van der Waals surface area contributed by atoms with Crippen molar-refractivity contribution in [3.8, 4) is 10.6 Å². The molecule has 6 heteroatoms. The fourth-order valence-corrected chi connectivity index (χ4v) is 4.65. The van der Waals surface area contributed by atoms with Gasteiger partial charge in [0, 0.05) is 12.6 Å². The zero-order valence-corrected chi connectivity index (χ0v) is 14.4. The molecule has 1 aliphatic heterocycles. The van der Waals surface area contributed by atoms with Gasteiger partial charge in [-0.2, -0.15) is 0 Å². The maximum absolute atomic E-state index is 12.7. The lowest BCUT2D eigenvalue weighted by Gasteiger charge is -2.43. The summed E-state index contributed by atoms with van der Waals surface area (Å²) in [6.07, 6.45) is 9.10. The topological polar surface area (TPSA) is 64.4 Å². The zero-order valence-electron chi connectivity index (χ0n) is 13.6. The molecule has 1 atom stereocenters. The maximum Gasteiger partial charge on any atom is 0.274 e. The number of thiophene rings is 1. The van der Waals surface area contributed by atoms with Crippen LogP contribution in [-0.2, 0) is 4.74 Å². The Balaban J connectivity index is 1.46. The number of ether oxygens (including phenoxy) is 1. The number of aromatic nitrogens is 1. The van der Waals surface area contributed by atoms with Gasteiger partial charge in [0.2, 0.25) is 0 Å². The van der Waals surface area contributed by atoms with Crippen LogP contribution in [-0.4, -0.2) is 29.1 Å². The summed E-state index contributed by atoms with van der Waals surface area (Å²) < 4.78 is 11.6. The largest absolute Gasteiger partial charge is 0.442 e. The summed E-state index contributed by atoms with van der Waals surface area (Å²) in [4.78, 5) is 17.8. The number of carbonyl (C=O) groups excluding carboxylic acids is 1. The Kier molecular flexibility index (Phi) is 4.41. The van der Waals surface area contributed by atoms with Gasteiger partial charge in [0.25, 0.3) is 5.91 Å². The molecule has 3 heterocycles. The molecule has 2 aromatic heterocycles. The van der Waals surface area contributed by atoms with Crippen LogP contribution in [0.4, 0.5) is 0 Å². The lowest BCUT2D eigenvalue weighted by atomic mass is 9.78. The van der Waals surface area contributed by atoms with E-state index in [4.69, 9.17) is 9.15 Å². The molecule has 2 fully saturated rings. The number of rotatable bonds is 3. The molecule has 0 bridgehead atoms. The van der Waals surface area contributed by atoms with Crippen molar-refractivity contribution >= 4 is 17.2 Å². The van der Waals surface area contributed by atoms with Crippen LogP contribution in [0, 0.1) is 0 Å². The first-order chi connectivity index (χ1) is 11.8. The Labute approximate surface area is 145 Å². The van der Waals surface area contributed by atoms with E-state index >= 15 is 0 Å². The van der Waals surface area contributed by atoms with Gasteiger partial charge in [-0.1, -0.05) is 25.3 Å². The third-order valence-electron chi connectivity index (χ3n) is 5.12. The van der Waals surface area contributed by atoms with E-state index in [-0.39, 0.29) is 17.6 Å². The molecule has 5 nitrogen and oxygen atoms in total. The number of hydrogen-bond donors (Lipinski definition) is 1. The lowest BCUT2D eigenvalue weighted by Crippen LogP contribution is -2.49. The summed E-state index contributed by atoms with van der Waals surface area (Å²) in [6, 6.07) is 4.03. The highest BCUT2D eigenvalue weighted by Crippen LogP contribution is 2.38. The first kappa shape index (κ1) is 15.8. The molecule has 1 N–H and O–H groups in total. The van der Waals surface area contributed by atoms with Crippen LogP contribution >= 0.6 is 11.3 Å². The Morgan fingerprint density at radius 1 is 1.33 bits per heavy atom. The van der Waals surface area contributed by atoms with E-state index in [1.165, 1.54) is 25.7 Å². The van der Waals surface area contributed by atoms with Crippen molar-refractivity contribution < 1.29 is 13.9 Å². The summed E-state index contributed by atoms with van der Waals surface area (Å²) in [5.74, 6) is 0.409. The molecule has 2 aromatic rings. The van der Waals surface area contributed by atoms with Gasteiger partial charge in [0.1, 0.15) is 0 Å². The van der Waals surface area contributed by atoms with Crippen molar-refractivity contribution in [2.24, 2.45) is 0 Å². The molecule has 1 saturated carbocycles. The highest BCUT2D eigenvalue weighted by atomic mass is 32.1. The van der Waals surface area contributed by atoms with E-state index in [1.807, 2.05) is 17.5 Å². The summed E-state index contributed by atoms with van der Waals surface area (Å²) in [5, 5.41) is 5.12. The van der Waals surface area contributed by atoms with Crippen LogP contribution in [0.15, 0.2) is 28.3 Å². The minimum Gasteiger partial charge on any atom is -0.442 e. The molecule has 0 unspecified atom stereocenters. The fraction of sp³-hybridized carbons (Fsp3) is 0.556. The third-order valence-corrected chi connectivity index (χ3v) is 5.99. The standard InChI is InChI=1S/C18H22N2O3S/c21-17(15-16(22-12-19-15)14-5-4-10-24-14)20-13-6-9-23-18(11-13)7-2-1-3-8-18/h4-5,10,12-13H,1-3,6-9,11H2,(H,20,21)/t13-/m1/s1. The zero-order chi connectivity index (χ0) is 16.4. The molecule has 0 aromatic carbocycles. The fourth-order valence-electron chi connectivity index (χ4n) is 3.94. The molecule has 24 heavy (non-hydrogen) atoms. The van der Waals surface area contributed by atoms with E-state index in [1.54, 1.807) is 11.3 Å². The first-order valence-electron chi connectivity index (χ1n) is 8.68. The van der Waals surface area contributed by atoms with E-state index < -0.39 is 0 Å². The van der Waals surface area contributed by atoms with Gasteiger partial charge in [0.05, 0.1) is 10.5 Å². The molecule has 1 aliphatic carbocycles. The monoisotopic (exact) mass is 346 g/mol. The average Bonchev–Trinajstić information content (AvgIpc) is 3.27. The minimum absolute atomic E-state index is 0.0190. The molecule has 2 aliphatic rings. The molecular formula is C18H22N2O3S. The smallest absolute Gasteiger partial charge is 0.274 e. The number of nitrogens with zero attached hydrogens (tertiary/aromatic N) is 1. The number of amides is 1. The van der Waals surface area contributed by atoms with Crippen molar-refractivity contribution in [1.29, 1.82) is 0 Å². The Morgan fingerprint density at radius 3 is 3.00 bits per heavy atom. The molecule has 128 valence electrons. The SMILES string of the molecule is O=C(N[C@@H]1CCOC2(CCCCC2)C1)c1ncoc1-c1cccs1. The molecular weight excluding hydrogens is 324 g/mol. The number of hydrogen-bond acceptors (Lipinski definition) is 5. The van der Waals surface area contributed by atoms with Crippen molar-refractivity contribution in [2.75, 3.05) is 6.61 Å². The van der Waals surface area contributed by atoms with Crippen LogP contribution in [0.3, 0.4) is 0 Å². The summed E-state index contributed by atoms with van der Waals surface area (Å²) >= 11 is 1.54. The van der Waals surface area contributed by atoms with Gasteiger partial charge in [-0.15, -0.1) is 11.3 Å². The third kappa shape index (κ3) is 3.13. The lowest BCUT2D eigenvalue weighted by molar-refractivity contribution is -0.107. The number of oxazole rings is 1. The van der Waals surface area contributed by atoms with Crippen LogP contribution < -0.4 is 5.32 Å². The summed E-state index contributed by atoms with van der Waals surface area (Å²) in [6.45, 7) is 0.724. The summed E-state index contributed by atoms with van der Waals surface area (Å²) in [7, 11) is 0. The summed E-state index contributed by atoms with van der Waals surface area (Å²) in [5.41, 5.74) is 0.358. The van der Waals surface area contributed by atoms with Crippen LogP contribution in [0.5, 0.6) is 0 Å². The van der Waals surface area contributed by atoms with Gasteiger partial charge in [-0.05, 0) is 37.1 Å². The second-order valence-corrected chi connectivity index (χ2v) is 7.71. The van der Waals surface area contributed by atoms with Crippen LogP contribution in [0.2, 0.25) is 0 Å². The molecule has 1 spiro atoms. The Bertz CT molecular complexity index is 683. The van der Waals surface area contributed by atoms with Crippen molar-refractivity contribution in [2.45, 2.75) is 56.6 Å². The average molecular weight is 346 g/mol. The second kappa shape index (κ2) is 6.69. The van der Waals surface area contributed by atoms with Crippen molar-refractivity contribution in [1.82, 2.24) is 10.3 Å². The van der Waals surface area contributed by atoms with E-state index in [0.29, 0.717) is 11.5 Å². The molecule has 4 rings (SSSR count). The van der Waals surface area contributed by atoms with Gasteiger partial charge in [-0.25, -0.2) is 4.98 Å². The minimum atomic E-state index is -0.148. The predicted octanol–water partition coefficient (Wildman–Crippen LogP) is 4.01. The van der Waals surface area contributed by atoms with Gasteiger partial charge in [-0.3, -0.25) is 4.79 Å². The molecule has 1 saturated heterocycles. The number of carbonyl (C=O) groups is 1. The molecule has 0 radical (unpaired) electrons. The van der Waals surface area contributed by atoms with E-state index in [0.717, 1.165) is 37.2 Å². The van der Waals surface area contributed by atoms with Gasteiger partial charge >= 0.3 is 0 Å². The van der Waals surface area contributed by atoms with Gasteiger partial charge in [0.15, 0.2) is 17.8 Å². The maximum atomic E-state index is 12.7. The number of nitrogens with one attached hydrogen (secondary N) is 1. The van der Waals surface area contributed by atoms with E-state index in [2.05, 4.69) is 10.3 Å². The van der Waals surface area contributed by atoms with Gasteiger partial charge < -0.3 is 14.5 Å². The van der Waals surface area contributed by atoms with Crippen molar-refractivity contribution in [3.05, 3.63) is 29.6 Å². The molecule has 1 amide bonds. The Morgan fingerprint density at radius 2 is 2.21 bits per heavy atom. The quantitative estimate of drug-likeness (QED) is 0.912. The van der Waals surface area contributed by atoms with E-state index in [9.17, 15) is 4.79 Å².